The number of nitrogens with zero attached hydrogens (tertiary/aromatic N) is 6. The third-order valence-corrected chi connectivity index (χ3v) is 5.32. The minimum Gasteiger partial charge on any atom is -0.411 e. The van der Waals surface area contributed by atoms with Gasteiger partial charge in [-0.1, -0.05) is 11.8 Å². The number of aromatic nitrogens is 2. The first kappa shape index (κ1) is 20.2. The maximum Gasteiger partial charge on any atom is 0.277 e. The first-order chi connectivity index (χ1) is 13.4. The van der Waals surface area contributed by atoms with Crippen LogP contribution in [-0.2, 0) is 0 Å². The van der Waals surface area contributed by atoms with Gasteiger partial charge in [0.15, 0.2) is 0 Å². The van der Waals surface area contributed by atoms with Crippen LogP contribution in [0, 0.1) is 20.2 Å². The number of non-ortho nitro benzene ring substituents is 2. The number of nitro benzene ring substituents is 2. The zero-order valence-electron chi connectivity index (χ0n) is 15.3. The molecule has 28 heavy (non-hydrogen) atoms. The molecule has 1 aliphatic heterocycles. The van der Waals surface area contributed by atoms with E-state index in [1.54, 1.807) is 0 Å². The first-order valence-electron chi connectivity index (χ1n) is 8.74. The molecule has 1 aromatic carbocycles. The molecular formula is C16H20N6O5S. The molecule has 0 unspecified atom stereocenters. The lowest BCUT2D eigenvalue weighted by molar-refractivity contribution is -0.394. The highest BCUT2D eigenvalue weighted by Gasteiger charge is 2.20. The van der Waals surface area contributed by atoms with Crippen molar-refractivity contribution in [2.45, 2.75) is 11.6 Å². The van der Waals surface area contributed by atoms with Crippen LogP contribution in [0.25, 0.3) is 11.5 Å². The summed E-state index contributed by atoms with van der Waals surface area (Å²) in [6.07, 6.45) is 0.967. The normalized spacial score (nSPS) is 15.6. The van der Waals surface area contributed by atoms with E-state index in [0.29, 0.717) is 5.22 Å². The lowest BCUT2D eigenvalue weighted by Gasteiger charge is -2.32. The van der Waals surface area contributed by atoms with Gasteiger partial charge in [0.05, 0.1) is 21.5 Å². The van der Waals surface area contributed by atoms with Crippen LogP contribution in [0.5, 0.6) is 0 Å². The van der Waals surface area contributed by atoms with Crippen LogP contribution in [0.15, 0.2) is 27.8 Å². The van der Waals surface area contributed by atoms with Crippen molar-refractivity contribution in [1.82, 2.24) is 20.0 Å². The largest absolute Gasteiger partial charge is 0.411 e. The number of piperazine rings is 1. The third kappa shape index (κ3) is 5.24. The Labute approximate surface area is 165 Å². The van der Waals surface area contributed by atoms with Gasteiger partial charge >= 0.3 is 0 Å². The predicted molar refractivity (Wildman–Crippen MR) is 102 cm³/mol. The molecule has 2 heterocycles. The Hall–Kier alpha value is -2.57. The molecule has 2 aromatic rings. The average molecular weight is 408 g/mol. The van der Waals surface area contributed by atoms with E-state index in [9.17, 15) is 20.2 Å². The summed E-state index contributed by atoms with van der Waals surface area (Å²) in [4.78, 5) is 25.3. The number of hydrogen-bond donors (Lipinski definition) is 0. The number of nitro groups is 2. The summed E-state index contributed by atoms with van der Waals surface area (Å²) < 4.78 is 5.52. The van der Waals surface area contributed by atoms with Crippen molar-refractivity contribution in [2.75, 3.05) is 45.5 Å². The van der Waals surface area contributed by atoms with Gasteiger partial charge in [0.25, 0.3) is 16.6 Å². The summed E-state index contributed by atoms with van der Waals surface area (Å²) in [5.74, 6) is 0.816. The van der Waals surface area contributed by atoms with Crippen LogP contribution >= 0.6 is 11.8 Å². The molecule has 0 atom stereocenters. The first-order valence-corrected chi connectivity index (χ1v) is 9.72. The second-order valence-corrected chi connectivity index (χ2v) is 7.52. The zero-order valence-corrected chi connectivity index (χ0v) is 16.1. The molecule has 12 heteroatoms. The van der Waals surface area contributed by atoms with Gasteiger partial charge in [-0.3, -0.25) is 20.2 Å². The molecule has 1 saturated heterocycles. The van der Waals surface area contributed by atoms with Gasteiger partial charge in [-0.2, -0.15) is 0 Å². The smallest absolute Gasteiger partial charge is 0.277 e. The van der Waals surface area contributed by atoms with Crippen LogP contribution in [0.1, 0.15) is 6.42 Å². The molecule has 0 spiro atoms. The monoisotopic (exact) mass is 408 g/mol. The number of hydrogen-bond acceptors (Lipinski definition) is 10. The van der Waals surface area contributed by atoms with E-state index >= 15 is 0 Å². The van der Waals surface area contributed by atoms with E-state index < -0.39 is 21.2 Å². The fraction of sp³-hybridized carbons (Fsp3) is 0.500. The second-order valence-electron chi connectivity index (χ2n) is 6.47. The molecule has 0 N–H and O–H groups in total. The minimum absolute atomic E-state index is 0.0216. The molecule has 1 fully saturated rings. The van der Waals surface area contributed by atoms with Crippen molar-refractivity contribution in [3.63, 3.8) is 0 Å². The topological polar surface area (TPSA) is 132 Å². The molecular weight excluding hydrogens is 388 g/mol. The van der Waals surface area contributed by atoms with Crippen molar-refractivity contribution in [1.29, 1.82) is 0 Å². The molecule has 0 bridgehead atoms. The maximum absolute atomic E-state index is 11.0. The Bertz CT molecular complexity index is 820. The molecule has 150 valence electrons. The van der Waals surface area contributed by atoms with Crippen molar-refractivity contribution in [3.8, 4) is 11.5 Å². The van der Waals surface area contributed by atoms with E-state index in [2.05, 4.69) is 27.0 Å². The van der Waals surface area contributed by atoms with Crippen LogP contribution in [0.3, 0.4) is 0 Å². The Morgan fingerprint density at radius 3 is 2.32 bits per heavy atom. The highest BCUT2D eigenvalue weighted by Crippen LogP contribution is 2.30. The van der Waals surface area contributed by atoms with E-state index in [1.807, 2.05) is 0 Å². The summed E-state index contributed by atoms with van der Waals surface area (Å²) in [5, 5.41) is 30.1. The summed E-state index contributed by atoms with van der Waals surface area (Å²) in [5.41, 5.74) is -0.648. The van der Waals surface area contributed by atoms with Crippen molar-refractivity contribution in [3.05, 3.63) is 38.4 Å². The minimum atomic E-state index is -0.694. The number of rotatable bonds is 8. The van der Waals surface area contributed by atoms with Gasteiger partial charge in [-0.25, -0.2) is 0 Å². The van der Waals surface area contributed by atoms with E-state index in [-0.39, 0.29) is 11.5 Å². The Balaban J connectivity index is 1.58. The van der Waals surface area contributed by atoms with Crippen molar-refractivity contribution >= 4 is 23.1 Å². The molecule has 0 radical (unpaired) electrons. The van der Waals surface area contributed by atoms with E-state index in [4.69, 9.17) is 4.42 Å². The molecule has 1 aromatic heterocycles. The number of thioether (sulfide) groups is 1. The SMILES string of the molecule is CN1CCN(CCCSc2nnc(-c3cc([N+](=O)[O-])cc([N+](=O)[O-])c3)o2)CC1. The lowest BCUT2D eigenvalue weighted by Crippen LogP contribution is -2.44. The standard InChI is InChI=1S/C16H20N6O5S/c1-19-4-6-20(7-5-19)3-2-8-28-16-18-17-15(27-16)12-9-13(21(23)24)11-14(10-12)22(25)26/h9-11H,2-8H2,1H3. The molecule has 0 amide bonds. The molecule has 0 saturated carbocycles. The Kier molecular flexibility index (Phi) is 6.54. The van der Waals surface area contributed by atoms with Crippen LogP contribution in [0.4, 0.5) is 11.4 Å². The lowest BCUT2D eigenvalue weighted by atomic mass is 10.2. The molecule has 11 nitrogen and oxygen atoms in total. The summed E-state index contributed by atoms with van der Waals surface area (Å²) in [6.45, 7) is 5.29. The maximum atomic E-state index is 11.0. The van der Waals surface area contributed by atoms with Gasteiger partial charge < -0.3 is 14.2 Å². The van der Waals surface area contributed by atoms with E-state index in [0.717, 1.165) is 51.0 Å². The summed E-state index contributed by atoms with van der Waals surface area (Å²) in [7, 11) is 2.12. The van der Waals surface area contributed by atoms with Crippen molar-refractivity contribution in [2.24, 2.45) is 0 Å². The number of benzene rings is 1. The summed E-state index contributed by atoms with van der Waals surface area (Å²) in [6, 6.07) is 3.26. The quantitative estimate of drug-likeness (QED) is 0.277. The molecule has 3 rings (SSSR count). The van der Waals surface area contributed by atoms with Crippen molar-refractivity contribution < 1.29 is 14.3 Å². The van der Waals surface area contributed by atoms with Gasteiger partial charge in [0.2, 0.25) is 5.89 Å². The highest BCUT2D eigenvalue weighted by molar-refractivity contribution is 7.99. The molecule has 0 aliphatic carbocycles. The third-order valence-electron chi connectivity index (χ3n) is 4.42. The van der Waals surface area contributed by atoms with Gasteiger partial charge in [0.1, 0.15) is 0 Å². The van der Waals surface area contributed by atoms with Gasteiger partial charge in [0, 0.05) is 44.1 Å². The highest BCUT2D eigenvalue weighted by atomic mass is 32.2. The molecule has 1 aliphatic rings. The second kappa shape index (κ2) is 9.08. The fourth-order valence-electron chi connectivity index (χ4n) is 2.83. The van der Waals surface area contributed by atoms with E-state index in [1.165, 1.54) is 23.9 Å². The zero-order chi connectivity index (χ0) is 20.1. The van der Waals surface area contributed by atoms with Gasteiger partial charge in [-0.05, 0) is 20.0 Å². The van der Waals surface area contributed by atoms with Gasteiger partial charge in [-0.15, -0.1) is 10.2 Å². The van der Waals surface area contributed by atoms with Crippen LogP contribution in [-0.4, -0.2) is 75.4 Å². The summed E-state index contributed by atoms with van der Waals surface area (Å²) >= 11 is 1.40. The van der Waals surface area contributed by atoms with Crippen LogP contribution in [0.2, 0.25) is 0 Å². The van der Waals surface area contributed by atoms with Crippen LogP contribution < -0.4 is 0 Å². The fourth-order valence-corrected chi connectivity index (χ4v) is 3.52. The predicted octanol–water partition coefficient (Wildman–Crippen LogP) is 2.28. The average Bonchev–Trinajstić information content (AvgIpc) is 3.15. The Morgan fingerprint density at radius 2 is 1.71 bits per heavy atom. The number of likely N-dealkylation sites (N-methyl/N-ethyl adjacent to an activating group) is 1. The Morgan fingerprint density at radius 1 is 1.07 bits per heavy atom.